The summed E-state index contributed by atoms with van der Waals surface area (Å²) >= 11 is 0. The van der Waals surface area contributed by atoms with Gasteiger partial charge in [-0.15, -0.1) is 0 Å². The molecule has 1 fully saturated rings. The second-order valence-electron chi connectivity index (χ2n) is 6.92. The van der Waals surface area contributed by atoms with Gasteiger partial charge in [-0.1, -0.05) is 67.6 Å². The Morgan fingerprint density at radius 1 is 0.808 bits per heavy atom. The first-order valence-electron chi connectivity index (χ1n) is 9.21. The van der Waals surface area contributed by atoms with Crippen molar-refractivity contribution in [2.24, 2.45) is 5.92 Å². The van der Waals surface area contributed by atoms with Crippen molar-refractivity contribution >= 4 is 0 Å². The van der Waals surface area contributed by atoms with Crippen LogP contribution in [0.1, 0.15) is 25.0 Å². The predicted molar refractivity (Wildman–Crippen MR) is 99.5 cm³/mol. The normalized spacial score (nSPS) is 28.8. The van der Waals surface area contributed by atoms with Gasteiger partial charge >= 0.3 is 0 Å². The monoisotopic (exact) mass is 358 g/mol. The molecule has 26 heavy (non-hydrogen) atoms. The molecule has 0 saturated carbocycles. The number of ether oxygens (including phenoxy) is 3. The Morgan fingerprint density at radius 2 is 1.31 bits per heavy atom. The molecule has 1 aliphatic rings. The van der Waals surface area contributed by atoms with Crippen LogP contribution >= 0.6 is 0 Å². The topological polar surface area (TPSA) is 27.7 Å². The Hall–Kier alpha value is -1.75. The van der Waals surface area contributed by atoms with E-state index in [1.54, 1.807) is 0 Å². The van der Waals surface area contributed by atoms with Crippen LogP contribution in [0.2, 0.25) is 0 Å². The molecule has 1 aliphatic heterocycles. The maximum atomic E-state index is 13.6. The molecule has 3 nitrogen and oxygen atoms in total. The molecule has 140 valence electrons. The molecule has 1 saturated heterocycles. The van der Waals surface area contributed by atoms with Crippen molar-refractivity contribution in [3.05, 3.63) is 71.8 Å². The summed E-state index contributed by atoms with van der Waals surface area (Å²) in [5, 5.41) is 0. The average molecular weight is 358 g/mol. The molecule has 0 aliphatic carbocycles. The van der Waals surface area contributed by atoms with Gasteiger partial charge in [0.05, 0.1) is 25.4 Å². The van der Waals surface area contributed by atoms with Crippen LogP contribution in [0, 0.1) is 5.92 Å². The third kappa shape index (κ3) is 4.70. The summed E-state index contributed by atoms with van der Waals surface area (Å²) < 4.78 is 31.8. The van der Waals surface area contributed by atoms with E-state index in [2.05, 4.69) is 6.92 Å². The fraction of sp³-hybridized carbons (Fsp3) is 0.455. The van der Waals surface area contributed by atoms with E-state index in [0.717, 1.165) is 11.1 Å². The summed E-state index contributed by atoms with van der Waals surface area (Å²) in [6, 6.07) is 19.9. The van der Waals surface area contributed by atoms with Crippen molar-refractivity contribution in [3.8, 4) is 0 Å². The Bertz CT molecular complexity index is 605. The summed E-state index contributed by atoms with van der Waals surface area (Å²) in [4.78, 5) is 0. The van der Waals surface area contributed by atoms with Crippen LogP contribution in [-0.2, 0) is 27.4 Å². The number of hydrogen-bond acceptors (Lipinski definition) is 3. The second-order valence-corrected chi connectivity index (χ2v) is 6.92. The van der Waals surface area contributed by atoms with Crippen LogP contribution in [0.3, 0.4) is 0 Å². The lowest BCUT2D eigenvalue weighted by Gasteiger charge is -2.43. The van der Waals surface area contributed by atoms with E-state index in [0.29, 0.717) is 13.2 Å². The highest BCUT2D eigenvalue weighted by Gasteiger charge is 2.43. The van der Waals surface area contributed by atoms with Crippen molar-refractivity contribution in [3.63, 3.8) is 0 Å². The molecule has 2 unspecified atom stereocenters. The molecule has 4 heteroatoms. The zero-order valence-electron chi connectivity index (χ0n) is 15.4. The van der Waals surface area contributed by atoms with E-state index in [-0.39, 0.29) is 18.1 Å². The lowest BCUT2D eigenvalue weighted by atomic mass is 9.88. The molecule has 2 aromatic carbocycles. The van der Waals surface area contributed by atoms with Gasteiger partial charge in [0, 0.05) is 5.92 Å². The Morgan fingerprint density at radius 3 is 1.81 bits per heavy atom. The molecule has 0 amide bonds. The number of alkyl halides is 1. The van der Waals surface area contributed by atoms with Crippen LogP contribution in [0.5, 0.6) is 0 Å². The fourth-order valence-electron chi connectivity index (χ4n) is 3.36. The maximum Gasteiger partial charge on any atom is 0.118 e. The van der Waals surface area contributed by atoms with E-state index in [1.165, 1.54) is 0 Å². The first kappa shape index (κ1) is 19.0. The highest BCUT2D eigenvalue weighted by Crippen LogP contribution is 2.31. The predicted octanol–water partition coefficient (Wildman–Crippen LogP) is 4.55. The molecule has 0 spiro atoms. The van der Waals surface area contributed by atoms with Crippen molar-refractivity contribution in [1.82, 2.24) is 0 Å². The lowest BCUT2D eigenvalue weighted by molar-refractivity contribution is -0.230. The smallest absolute Gasteiger partial charge is 0.118 e. The molecule has 1 heterocycles. The maximum absolute atomic E-state index is 13.6. The van der Waals surface area contributed by atoms with Gasteiger partial charge in [-0.05, 0) is 18.1 Å². The van der Waals surface area contributed by atoms with E-state index in [1.807, 2.05) is 67.6 Å². The van der Waals surface area contributed by atoms with Crippen molar-refractivity contribution in [2.75, 3.05) is 6.67 Å². The van der Waals surface area contributed by atoms with Crippen LogP contribution in [0.25, 0.3) is 0 Å². The standard InChI is InChI=1S/C22H27FO3/c1-16-17(2)26-20(13-23)22(25-15-19-11-7-4-8-12-19)21(16)24-14-18-9-5-3-6-10-18/h3-12,16-17,20-22H,13-15H2,1-2H3/t16-,17+,20?,21?,22-/m0/s1. The third-order valence-corrected chi connectivity index (χ3v) is 5.06. The summed E-state index contributed by atoms with van der Waals surface area (Å²) in [5.41, 5.74) is 2.15. The number of halogens is 1. The molecular formula is C22H27FO3. The van der Waals surface area contributed by atoms with Crippen molar-refractivity contribution in [2.45, 2.75) is 51.5 Å². The van der Waals surface area contributed by atoms with Gasteiger partial charge in [0.1, 0.15) is 18.9 Å². The molecule has 0 N–H and O–H groups in total. The molecule has 2 aromatic rings. The molecule has 5 atom stereocenters. The van der Waals surface area contributed by atoms with E-state index < -0.39 is 18.9 Å². The fourth-order valence-corrected chi connectivity index (χ4v) is 3.36. The first-order valence-corrected chi connectivity index (χ1v) is 9.21. The average Bonchev–Trinajstić information content (AvgIpc) is 2.69. The van der Waals surface area contributed by atoms with Crippen LogP contribution < -0.4 is 0 Å². The summed E-state index contributed by atoms with van der Waals surface area (Å²) in [7, 11) is 0. The number of rotatable bonds is 7. The quantitative estimate of drug-likeness (QED) is 0.727. The highest BCUT2D eigenvalue weighted by molar-refractivity contribution is 5.14. The Kier molecular flexibility index (Phi) is 6.78. The van der Waals surface area contributed by atoms with E-state index in [9.17, 15) is 4.39 Å². The van der Waals surface area contributed by atoms with Gasteiger partial charge in [0.25, 0.3) is 0 Å². The molecule has 3 rings (SSSR count). The molecule has 0 bridgehead atoms. The zero-order valence-corrected chi connectivity index (χ0v) is 15.4. The van der Waals surface area contributed by atoms with Crippen LogP contribution in [0.15, 0.2) is 60.7 Å². The minimum Gasteiger partial charge on any atom is -0.370 e. The number of benzene rings is 2. The van der Waals surface area contributed by atoms with Crippen LogP contribution in [-0.4, -0.2) is 31.1 Å². The van der Waals surface area contributed by atoms with Gasteiger partial charge in [-0.25, -0.2) is 4.39 Å². The van der Waals surface area contributed by atoms with E-state index in [4.69, 9.17) is 14.2 Å². The van der Waals surface area contributed by atoms with Gasteiger partial charge in [0.15, 0.2) is 0 Å². The van der Waals surface area contributed by atoms with Gasteiger partial charge in [-0.2, -0.15) is 0 Å². The summed E-state index contributed by atoms with van der Waals surface area (Å²) in [5.74, 6) is 0.113. The van der Waals surface area contributed by atoms with E-state index >= 15 is 0 Å². The van der Waals surface area contributed by atoms with Crippen LogP contribution in [0.4, 0.5) is 4.39 Å². The van der Waals surface area contributed by atoms with Crippen molar-refractivity contribution in [1.29, 1.82) is 0 Å². The second kappa shape index (κ2) is 9.26. The third-order valence-electron chi connectivity index (χ3n) is 5.06. The Balaban J connectivity index is 1.71. The summed E-state index contributed by atoms with van der Waals surface area (Å²) in [6.07, 6.45) is -1.34. The van der Waals surface area contributed by atoms with Gasteiger partial charge < -0.3 is 14.2 Å². The Labute approximate surface area is 155 Å². The first-order chi connectivity index (χ1) is 12.7. The lowest BCUT2D eigenvalue weighted by Crippen LogP contribution is -2.55. The zero-order chi connectivity index (χ0) is 18.4. The molecular weight excluding hydrogens is 331 g/mol. The largest absolute Gasteiger partial charge is 0.370 e. The van der Waals surface area contributed by atoms with Gasteiger partial charge in [0.2, 0.25) is 0 Å². The molecule has 0 aromatic heterocycles. The SMILES string of the molecule is C[C@@H]1C(OCc2ccccc2)[C@@H](OCc2ccccc2)C(CF)O[C@@H]1C. The minimum absolute atomic E-state index is 0.0758. The van der Waals surface area contributed by atoms with Gasteiger partial charge in [-0.3, -0.25) is 0 Å². The van der Waals surface area contributed by atoms with Crippen molar-refractivity contribution < 1.29 is 18.6 Å². The molecule has 0 radical (unpaired) electrons. The summed E-state index contributed by atoms with van der Waals surface area (Å²) in [6.45, 7) is 4.36. The highest BCUT2D eigenvalue weighted by atomic mass is 19.1. The number of hydrogen-bond donors (Lipinski definition) is 0. The minimum atomic E-state index is -0.606.